The van der Waals surface area contributed by atoms with E-state index in [1.807, 2.05) is 0 Å². The number of hydrogen-bond acceptors (Lipinski definition) is 13. The van der Waals surface area contributed by atoms with Crippen LogP contribution in [0.5, 0.6) is 0 Å². The van der Waals surface area contributed by atoms with Crippen molar-refractivity contribution in [3.05, 3.63) is 23.3 Å². The molecule has 6 fully saturated rings. The molecule has 6 aliphatic rings. The van der Waals surface area contributed by atoms with Gasteiger partial charge in [-0.3, -0.25) is 0 Å². The molecule has 13 nitrogen and oxygen atoms in total. The first kappa shape index (κ1) is 43.5. The van der Waals surface area contributed by atoms with Gasteiger partial charge in [0, 0.05) is 0 Å². The van der Waals surface area contributed by atoms with Gasteiger partial charge in [-0.05, 0) is 111 Å². The third-order valence-electron chi connectivity index (χ3n) is 16.1. The maximum Gasteiger partial charge on any atom is 0.187 e. The van der Waals surface area contributed by atoms with Crippen molar-refractivity contribution in [2.45, 2.75) is 180 Å². The van der Waals surface area contributed by atoms with Gasteiger partial charge in [-0.2, -0.15) is 0 Å². The van der Waals surface area contributed by atoms with Crippen LogP contribution < -0.4 is 0 Å². The van der Waals surface area contributed by atoms with E-state index in [0.717, 1.165) is 32.1 Å². The molecule has 0 radical (unpaired) electrons. The Hall–Kier alpha value is -1.04. The van der Waals surface area contributed by atoms with Gasteiger partial charge in [0.2, 0.25) is 0 Å². The van der Waals surface area contributed by atoms with E-state index in [1.54, 1.807) is 0 Å². The monoisotopic (exact) mass is 782 g/mol. The summed E-state index contributed by atoms with van der Waals surface area (Å²) in [4.78, 5) is 0. The Balaban J connectivity index is 1.26. The van der Waals surface area contributed by atoms with Gasteiger partial charge in [0.05, 0.1) is 31.5 Å². The molecule has 9 N–H and O–H groups in total. The molecule has 55 heavy (non-hydrogen) atoms. The van der Waals surface area contributed by atoms with Crippen molar-refractivity contribution in [2.24, 2.45) is 45.3 Å². The highest BCUT2D eigenvalue weighted by Crippen LogP contribution is 2.75. The molecule has 2 aliphatic heterocycles. The highest BCUT2D eigenvalue weighted by Gasteiger charge is 2.71. The number of hydrogen-bond donors (Lipinski definition) is 9. The van der Waals surface area contributed by atoms with Gasteiger partial charge in [0.1, 0.15) is 48.8 Å². The largest absolute Gasteiger partial charge is 0.394 e. The Labute approximate surface area is 326 Å². The Morgan fingerprint density at radius 3 is 1.89 bits per heavy atom. The summed E-state index contributed by atoms with van der Waals surface area (Å²) in [6.45, 7) is 16.3. The van der Waals surface area contributed by atoms with Crippen LogP contribution in [0.15, 0.2) is 23.3 Å². The fourth-order valence-electron chi connectivity index (χ4n) is 13.1. The van der Waals surface area contributed by atoms with Crippen molar-refractivity contribution in [3.63, 3.8) is 0 Å². The Morgan fingerprint density at radius 1 is 0.673 bits per heavy atom. The lowest BCUT2D eigenvalue weighted by atomic mass is 9.35. The highest BCUT2D eigenvalue weighted by molar-refractivity contribution is 5.23. The third-order valence-corrected chi connectivity index (χ3v) is 16.1. The predicted octanol–water partition coefficient (Wildman–Crippen LogP) is 1.93. The smallest absolute Gasteiger partial charge is 0.187 e. The van der Waals surface area contributed by atoms with Crippen molar-refractivity contribution in [1.29, 1.82) is 0 Å². The quantitative estimate of drug-likeness (QED) is 0.121. The summed E-state index contributed by atoms with van der Waals surface area (Å²) in [6.07, 6.45) is -7.67. The second kappa shape index (κ2) is 15.9. The first-order valence-corrected chi connectivity index (χ1v) is 20.6. The van der Waals surface area contributed by atoms with E-state index >= 15 is 0 Å². The van der Waals surface area contributed by atoms with Crippen LogP contribution in [0.3, 0.4) is 0 Å². The van der Waals surface area contributed by atoms with Crippen LogP contribution in [-0.4, -0.2) is 139 Å². The molecule has 20 atom stereocenters. The summed E-state index contributed by atoms with van der Waals surface area (Å²) in [6, 6.07) is 0. The number of rotatable bonds is 9. The second-order valence-electron chi connectivity index (χ2n) is 19.6. The lowest BCUT2D eigenvalue weighted by Gasteiger charge is -2.71. The summed E-state index contributed by atoms with van der Waals surface area (Å²) < 4.78 is 24.1. The molecular weight excluding hydrogens is 712 g/mol. The summed E-state index contributed by atoms with van der Waals surface area (Å²) in [5, 5.41) is 97.6. The van der Waals surface area contributed by atoms with E-state index in [4.69, 9.17) is 18.9 Å². The van der Waals surface area contributed by atoms with Crippen molar-refractivity contribution < 1.29 is 64.9 Å². The van der Waals surface area contributed by atoms with E-state index in [2.05, 4.69) is 67.5 Å². The Kier molecular flexibility index (Phi) is 12.6. The predicted molar refractivity (Wildman–Crippen MR) is 201 cm³/mol. The topological polar surface area (TPSA) is 219 Å². The first-order valence-electron chi connectivity index (χ1n) is 20.6. The second-order valence-corrected chi connectivity index (χ2v) is 19.6. The van der Waals surface area contributed by atoms with E-state index < -0.39 is 98.4 Å². The van der Waals surface area contributed by atoms with Gasteiger partial charge in [-0.1, -0.05) is 57.9 Å². The third kappa shape index (κ3) is 7.12. The number of ether oxygens (including phenoxy) is 4. The lowest BCUT2D eigenvalue weighted by molar-refractivity contribution is -0.383. The molecule has 6 rings (SSSR count). The molecular formula is C42H70O13. The summed E-state index contributed by atoms with van der Waals surface area (Å²) in [7, 11) is 0. The van der Waals surface area contributed by atoms with Gasteiger partial charge >= 0.3 is 0 Å². The van der Waals surface area contributed by atoms with Crippen LogP contribution in [0.25, 0.3) is 0 Å². The summed E-state index contributed by atoms with van der Waals surface area (Å²) in [5.74, 6) is 0.659. The van der Waals surface area contributed by atoms with E-state index in [0.29, 0.717) is 18.8 Å². The fraction of sp³-hybridized carbons (Fsp3) is 0.905. The van der Waals surface area contributed by atoms with Crippen LogP contribution in [0, 0.1) is 45.3 Å². The maximum absolute atomic E-state index is 12.2. The molecule has 0 aromatic carbocycles. The van der Waals surface area contributed by atoms with Gasteiger partial charge in [-0.15, -0.1) is 0 Å². The molecule has 4 saturated carbocycles. The normalized spacial score (nSPS) is 52.5. The van der Waals surface area contributed by atoms with Crippen LogP contribution in [0.2, 0.25) is 0 Å². The first-order chi connectivity index (χ1) is 25.7. The molecule has 4 aliphatic carbocycles. The average molecular weight is 783 g/mol. The van der Waals surface area contributed by atoms with Crippen molar-refractivity contribution in [3.8, 4) is 0 Å². The fourth-order valence-corrected chi connectivity index (χ4v) is 13.1. The van der Waals surface area contributed by atoms with Crippen LogP contribution in [-0.2, 0) is 18.9 Å². The zero-order valence-corrected chi connectivity index (χ0v) is 34.0. The average Bonchev–Trinajstić information content (AvgIpc) is 3.49. The minimum atomic E-state index is -1.79. The van der Waals surface area contributed by atoms with Crippen LogP contribution in [0.1, 0.15) is 100 Å². The zero-order chi connectivity index (χ0) is 40.6. The lowest BCUT2D eigenvalue weighted by Crippen LogP contribution is -2.69. The molecule has 316 valence electrons. The van der Waals surface area contributed by atoms with Crippen LogP contribution in [0.4, 0.5) is 0 Å². The molecule has 0 bridgehead atoms. The molecule has 1 unspecified atom stereocenters. The number of aliphatic hydroxyl groups excluding tert-OH is 9. The molecule has 0 aromatic rings. The maximum atomic E-state index is 12.2. The van der Waals surface area contributed by atoms with Crippen LogP contribution >= 0.6 is 0 Å². The molecule has 0 aromatic heterocycles. The highest BCUT2D eigenvalue weighted by atomic mass is 16.8. The minimum absolute atomic E-state index is 0.0549. The van der Waals surface area contributed by atoms with Gasteiger partial charge < -0.3 is 64.9 Å². The van der Waals surface area contributed by atoms with E-state index in [9.17, 15) is 46.0 Å². The van der Waals surface area contributed by atoms with Crippen molar-refractivity contribution >= 4 is 0 Å². The van der Waals surface area contributed by atoms with E-state index in [-0.39, 0.29) is 34.0 Å². The van der Waals surface area contributed by atoms with Gasteiger partial charge in [-0.25, -0.2) is 0 Å². The standard InChI is InChI=1S/C42H70O13/c1-20(2)10-9-11-21(3)22-12-14-42(8)29(22)23(45)16-28-40(6)17-24(46)36(39(4,5)27(40)13-15-41(28,42)7)55-38-35(33(50)31(48)26(19-44)53-38)54-37-34(51)32(49)30(47)25(18-43)52-37/h10-11,22-38,43-51H,9,12-19H2,1-8H3/b21-11-/t22-,23-,24-,25-,26-,27+,28-,29+,30-,31-,32+,33+,34-,35-,36?,37+,38+,40+,41-,42-/m1/s1. The van der Waals surface area contributed by atoms with Gasteiger partial charge in [0.15, 0.2) is 12.6 Å². The molecule has 2 saturated heterocycles. The zero-order valence-electron chi connectivity index (χ0n) is 34.0. The van der Waals surface area contributed by atoms with Gasteiger partial charge in [0.25, 0.3) is 0 Å². The minimum Gasteiger partial charge on any atom is -0.394 e. The SMILES string of the molecule is CC(C)=CC/C=C(/C)[C@H]1CC[C@]2(C)[C@@H]1[C@H](O)C[C@@H]1[C@@]3(C)C[C@@H](O)C(O[C@@H]4O[C@H](CO)[C@@H](O)[C@H](O)[C@H]4O[C@@H]4O[C@H](CO)[C@@H](O)[C@H](O)[C@H]4O)C(C)(C)[C@@H]3CC[C@]12C. The Morgan fingerprint density at radius 2 is 1.27 bits per heavy atom. The molecule has 2 heterocycles. The summed E-state index contributed by atoms with van der Waals surface area (Å²) >= 11 is 0. The number of aliphatic hydroxyl groups is 9. The van der Waals surface area contributed by atoms with Crippen molar-refractivity contribution in [1.82, 2.24) is 0 Å². The Bertz CT molecular complexity index is 1420. The molecule has 0 spiro atoms. The molecule has 13 heteroatoms. The molecule has 0 amide bonds. The summed E-state index contributed by atoms with van der Waals surface area (Å²) in [5.41, 5.74) is 1.45. The van der Waals surface area contributed by atoms with Crippen molar-refractivity contribution in [2.75, 3.05) is 13.2 Å². The number of fused-ring (bicyclic) bond motifs is 5. The van der Waals surface area contributed by atoms with E-state index in [1.165, 1.54) is 11.1 Å². The number of allylic oxidation sites excluding steroid dienone is 4.